The lowest BCUT2D eigenvalue weighted by atomic mass is 9.85. The number of rotatable bonds is 2. The van der Waals surface area contributed by atoms with Crippen molar-refractivity contribution in [1.82, 2.24) is 9.97 Å². The molecule has 0 atom stereocenters. The lowest BCUT2D eigenvalue weighted by molar-refractivity contribution is 0.590. The van der Waals surface area contributed by atoms with Crippen molar-refractivity contribution in [2.24, 2.45) is 5.73 Å². The standard InChI is InChI=1S/C16H23N3/c1-10-8-12(16(3,4)5)6-7-13(10)15-11(2)18-14(9-17)19-15/h6-8H,9,17H2,1-5H3,(H,18,19). The van der Waals surface area contributed by atoms with Crippen molar-refractivity contribution >= 4 is 0 Å². The van der Waals surface area contributed by atoms with Crippen LogP contribution in [0.3, 0.4) is 0 Å². The zero-order chi connectivity index (χ0) is 14.2. The van der Waals surface area contributed by atoms with Crippen LogP contribution in [0.25, 0.3) is 11.3 Å². The minimum atomic E-state index is 0.173. The van der Waals surface area contributed by atoms with Gasteiger partial charge in [0.2, 0.25) is 0 Å². The van der Waals surface area contributed by atoms with Gasteiger partial charge in [0.25, 0.3) is 0 Å². The molecule has 2 rings (SSSR count). The molecule has 0 saturated carbocycles. The van der Waals surface area contributed by atoms with Crippen LogP contribution < -0.4 is 5.73 Å². The molecule has 0 spiro atoms. The summed E-state index contributed by atoms with van der Waals surface area (Å²) in [6.07, 6.45) is 0. The van der Waals surface area contributed by atoms with Gasteiger partial charge in [0, 0.05) is 11.3 Å². The Labute approximate surface area is 115 Å². The number of aryl methyl sites for hydroxylation is 2. The molecule has 0 saturated heterocycles. The Balaban J connectivity index is 2.49. The van der Waals surface area contributed by atoms with Gasteiger partial charge in [-0.1, -0.05) is 39.0 Å². The quantitative estimate of drug-likeness (QED) is 0.865. The highest BCUT2D eigenvalue weighted by Gasteiger charge is 2.16. The van der Waals surface area contributed by atoms with Gasteiger partial charge < -0.3 is 10.7 Å². The van der Waals surface area contributed by atoms with E-state index in [9.17, 15) is 0 Å². The van der Waals surface area contributed by atoms with Crippen LogP contribution in [0.4, 0.5) is 0 Å². The number of aromatic amines is 1. The lowest BCUT2D eigenvalue weighted by Crippen LogP contribution is -2.11. The predicted octanol–water partition coefficient (Wildman–Crippen LogP) is 3.45. The van der Waals surface area contributed by atoms with E-state index < -0.39 is 0 Å². The number of nitrogens with zero attached hydrogens (tertiary/aromatic N) is 1. The fraction of sp³-hybridized carbons (Fsp3) is 0.438. The summed E-state index contributed by atoms with van der Waals surface area (Å²) in [4.78, 5) is 7.80. The Hall–Kier alpha value is -1.61. The van der Waals surface area contributed by atoms with E-state index in [1.807, 2.05) is 6.92 Å². The van der Waals surface area contributed by atoms with Crippen molar-refractivity contribution in [2.75, 3.05) is 0 Å². The zero-order valence-electron chi connectivity index (χ0n) is 12.5. The maximum Gasteiger partial charge on any atom is 0.120 e. The molecule has 0 amide bonds. The molecule has 1 aromatic carbocycles. The highest BCUT2D eigenvalue weighted by atomic mass is 15.0. The second-order valence-electron chi connectivity index (χ2n) is 6.14. The van der Waals surface area contributed by atoms with E-state index in [4.69, 9.17) is 5.73 Å². The summed E-state index contributed by atoms with van der Waals surface area (Å²) in [5.41, 5.74) is 11.7. The third kappa shape index (κ3) is 2.71. The van der Waals surface area contributed by atoms with Crippen LogP contribution in [0.2, 0.25) is 0 Å². The van der Waals surface area contributed by atoms with E-state index >= 15 is 0 Å². The second-order valence-corrected chi connectivity index (χ2v) is 6.14. The number of nitrogens with one attached hydrogen (secondary N) is 1. The van der Waals surface area contributed by atoms with Gasteiger partial charge >= 0.3 is 0 Å². The van der Waals surface area contributed by atoms with Crippen LogP contribution in [-0.4, -0.2) is 9.97 Å². The first-order valence-electron chi connectivity index (χ1n) is 6.70. The number of H-pyrrole nitrogens is 1. The molecule has 1 aromatic heterocycles. The molecule has 1 heterocycles. The average molecular weight is 257 g/mol. The number of aromatic nitrogens is 2. The van der Waals surface area contributed by atoms with Crippen LogP contribution in [0, 0.1) is 13.8 Å². The SMILES string of the molecule is Cc1cc(C(C)(C)C)ccc1-c1nc(CN)[nH]c1C. The Morgan fingerprint density at radius 2 is 1.89 bits per heavy atom. The van der Waals surface area contributed by atoms with Crippen molar-refractivity contribution in [3.05, 3.63) is 40.8 Å². The first-order chi connectivity index (χ1) is 8.82. The van der Waals surface area contributed by atoms with Gasteiger partial charge in [-0.15, -0.1) is 0 Å². The summed E-state index contributed by atoms with van der Waals surface area (Å²) in [7, 11) is 0. The largest absolute Gasteiger partial charge is 0.344 e. The summed E-state index contributed by atoms with van der Waals surface area (Å²) < 4.78 is 0. The van der Waals surface area contributed by atoms with E-state index in [1.54, 1.807) is 0 Å². The molecule has 3 nitrogen and oxygen atoms in total. The fourth-order valence-electron chi connectivity index (χ4n) is 2.28. The Kier molecular flexibility index (Phi) is 3.50. The van der Waals surface area contributed by atoms with Gasteiger partial charge in [-0.05, 0) is 30.4 Å². The third-order valence-electron chi connectivity index (χ3n) is 3.47. The lowest BCUT2D eigenvalue weighted by Gasteiger charge is -2.20. The minimum absolute atomic E-state index is 0.173. The molecule has 102 valence electrons. The second kappa shape index (κ2) is 4.82. The number of hydrogen-bond donors (Lipinski definition) is 2. The smallest absolute Gasteiger partial charge is 0.120 e. The number of nitrogens with two attached hydrogens (primary N) is 1. The summed E-state index contributed by atoms with van der Waals surface area (Å²) in [6, 6.07) is 6.61. The summed E-state index contributed by atoms with van der Waals surface area (Å²) >= 11 is 0. The van der Waals surface area contributed by atoms with Crippen molar-refractivity contribution in [2.45, 2.75) is 46.6 Å². The summed E-state index contributed by atoms with van der Waals surface area (Å²) in [6.45, 7) is 11.3. The van der Waals surface area contributed by atoms with Crippen LogP contribution in [-0.2, 0) is 12.0 Å². The molecule has 0 aliphatic heterocycles. The molecule has 0 unspecified atom stereocenters. The van der Waals surface area contributed by atoms with Gasteiger partial charge in [-0.2, -0.15) is 0 Å². The molecule has 3 N–H and O–H groups in total. The van der Waals surface area contributed by atoms with Crippen molar-refractivity contribution in [3.8, 4) is 11.3 Å². The molecule has 0 fully saturated rings. The Morgan fingerprint density at radius 1 is 1.21 bits per heavy atom. The molecule has 2 aromatic rings. The summed E-state index contributed by atoms with van der Waals surface area (Å²) in [5.74, 6) is 0.840. The Morgan fingerprint density at radius 3 is 2.37 bits per heavy atom. The van der Waals surface area contributed by atoms with Crippen LogP contribution in [0.1, 0.15) is 43.4 Å². The van der Waals surface area contributed by atoms with E-state index in [0.717, 1.165) is 17.2 Å². The van der Waals surface area contributed by atoms with Crippen LogP contribution >= 0.6 is 0 Å². The number of hydrogen-bond acceptors (Lipinski definition) is 2. The van der Waals surface area contributed by atoms with Crippen molar-refractivity contribution < 1.29 is 0 Å². The number of imidazole rings is 1. The van der Waals surface area contributed by atoms with E-state index in [0.29, 0.717) is 6.54 Å². The van der Waals surface area contributed by atoms with Crippen LogP contribution in [0.15, 0.2) is 18.2 Å². The van der Waals surface area contributed by atoms with Gasteiger partial charge in [0.15, 0.2) is 0 Å². The monoisotopic (exact) mass is 257 g/mol. The van der Waals surface area contributed by atoms with Crippen LogP contribution in [0.5, 0.6) is 0 Å². The normalized spacial score (nSPS) is 11.9. The first-order valence-corrected chi connectivity index (χ1v) is 6.70. The van der Waals surface area contributed by atoms with Crippen molar-refractivity contribution in [3.63, 3.8) is 0 Å². The molecular weight excluding hydrogens is 234 g/mol. The maximum atomic E-state index is 5.64. The third-order valence-corrected chi connectivity index (χ3v) is 3.47. The molecule has 0 aliphatic rings. The molecule has 0 bridgehead atoms. The molecule has 3 heteroatoms. The van der Waals surface area contributed by atoms with Crippen molar-refractivity contribution in [1.29, 1.82) is 0 Å². The highest BCUT2D eigenvalue weighted by Crippen LogP contribution is 2.30. The predicted molar refractivity (Wildman–Crippen MR) is 80.1 cm³/mol. The molecule has 0 radical (unpaired) electrons. The van der Waals surface area contributed by atoms with E-state index in [2.05, 4.69) is 55.9 Å². The van der Waals surface area contributed by atoms with Gasteiger partial charge in [-0.25, -0.2) is 4.98 Å². The molecule has 19 heavy (non-hydrogen) atoms. The molecule has 0 aliphatic carbocycles. The maximum absolute atomic E-state index is 5.64. The zero-order valence-corrected chi connectivity index (χ0v) is 12.5. The van der Waals surface area contributed by atoms with E-state index in [1.165, 1.54) is 16.7 Å². The fourth-order valence-corrected chi connectivity index (χ4v) is 2.28. The minimum Gasteiger partial charge on any atom is -0.344 e. The molecular formula is C16H23N3. The van der Waals surface area contributed by atoms with E-state index in [-0.39, 0.29) is 5.41 Å². The van der Waals surface area contributed by atoms with Gasteiger partial charge in [-0.3, -0.25) is 0 Å². The van der Waals surface area contributed by atoms with Gasteiger partial charge in [0.05, 0.1) is 12.2 Å². The first kappa shape index (κ1) is 13.8. The topological polar surface area (TPSA) is 54.7 Å². The highest BCUT2D eigenvalue weighted by molar-refractivity contribution is 5.66. The average Bonchev–Trinajstić information content (AvgIpc) is 2.69. The van der Waals surface area contributed by atoms with Gasteiger partial charge in [0.1, 0.15) is 5.82 Å². The number of benzene rings is 1. The Bertz CT molecular complexity index is 589. The summed E-state index contributed by atoms with van der Waals surface area (Å²) in [5, 5.41) is 0.